The van der Waals surface area contributed by atoms with E-state index in [0.29, 0.717) is 13.2 Å². The Hall–Kier alpha value is -1.84. The van der Waals surface area contributed by atoms with E-state index in [0.717, 1.165) is 17.9 Å². The SMILES string of the molecule is CCOc1ccc(C(O)CN(C)Cc2ccccc2)cc1. The van der Waals surface area contributed by atoms with Gasteiger partial charge in [0, 0.05) is 13.1 Å². The summed E-state index contributed by atoms with van der Waals surface area (Å²) in [6.07, 6.45) is -0.491. The molecule has 0 amide bonds. The van der Waals surface area contributed by atoms with E-state index in [1.165, 1.54) is 5.56 Å². The van der Waals surface area contributed by atoms with Crippen LogP contribution in [0.4, 0.5) is 0 Å². The molecular formula is C18H23NO2. The van der Waals surface area contributed by atoms with Gasteiger partial charge in [0.1, 0.15) is 5.75 Å². The molecule has 0 aliphatic carbocycles. The molecule has 0 aliphatic heterocycles. The fourth-order valence-corrected chi connectivity index (χ4v) is 2.31. The monoisotopic (exact) mass is 285 g/mol. The summed E-state index contributed by atoms with van der Waals surface area (Å²) in [5.74, 6) is 0.839. The minimum Gasteiger partial charge on any atom is -0.494 e. The zero-order valence-corrected chi connectivity index (χ0v) is 12.7. The Labute approximate surface area is 126 Å². The van der Waals surface area contributed by atoms with E-state index in [2.05, 4.69) is 17.0 Å². The predicted molar refractivity (Wildman–Crippen MR) is 85.3 cm³/mol. The lowest BCUT2D eigenvalue weighted by atomic mass is 10.1. The zero-order valence-electron chi connectivity index (χ0n) is 12.7. The van der Waals surface area contributed by atoms with Gasteiger partial charge in [-0.05, 0) is 37.2 Å². The van der Waals surface area contributed by atoms with Crippen LogP contribution in [0, 0.1) is 0 Å². The molecule has 1 atom stereocenters. The van der Waals surface area contributed by atoms with Crippen LogP contribution >= 0.6 is 0 Å². The lowest BCUT2D eigenvalue weighted by Crippen LogP contribution is -2.24. The lowest BCUT2D eigenvalue weighted by Gasteiger charge is -2.21. The van der Waals surface area contributed by atoms with Gasteiger partial charge in [-0.2, -0.15) is 0 Å². The van der Waals surface area contributed by atoms with E-state index in [4.69, 9.17) is 4.74 Å². The first-order chi connectivity index (χ1) is 10.2. The first-order valence-electron chi connectivity index (χ1n) is 7.32. The minimum atomic E-state index is -0.491. The number of ether oxygens (including phenoxy) is 1. The summed E-state index contributed by atoms with van der Waals surface area (Å²) in [5.41, 5.74) is 2.16. The molecule has 21 heavy (non-hydrogen) atoms. The molecule has 3 nitrogen and oxygen atoms in total. The summed E-state index contributed by atoms with van der Waals surface area (Å²) in [4.78, 5) is 2.12. The largest absolute Gasteiger partial charge is 0.494 e. The smallest absolute Gasteiger partial charge is 0.119 e. The Kier molecular flexibility index (Phi) is 5.78. The predicted octanol–water partition coefficient (Wildman–Crippen LogP) is 3.25. The maximum atomic E-state index is 10.3. The highest BCUT2D eigenvalue weighted by molar-refractivity contribution is 5.28. The number of benzene rings is 2. The molecule has 3 heteroatoms. The molecule has 1 N–H and O–H groups in total. The van der Waals surface area contributed by atoms with E-state index in [1.807, 2.05) is 56.4 Å². The van der Waals surface area contributed by atoms with Crippen molar-refractivity contribution in [3.05, 3.63) is 65.7 Å². The molecule has 0 heterocycles. The molecule has 0 aliphatic rings. The third kappa shape index (κ3) is 4.88. The normalized spacial score (nSPS) is 12.4. The summed E-state index contributed by atoms with van der Waals surface area (Å²) >= 11 is 0. The van der Waals surface area contributed by atoms with E-state index < -0.39 is 6.10 Å². The van der Waals surface area contributed by atoms with Gasteiger partial charge in [-0.3, -0.25) is 4.90 Å². The maximum Gasteiger partial charge on any atom is 0.119 e. The Morgan fingerprint density at radius 3 is 2.33 bits per heavy atom. The summed E-state index contributed by atoms with van der Waals surface area (Å²) in [6, 6.07) is 17.9. The van der Waals surface area contributed by atoms with Crippen molar-refractivity contribution in [3.8, 4) is 5.75 Å². The number of likely N-dealkylation sites (N-methyl/N-ethyl adjacent to an activating group) is 1. The highest BCUT2D eigenvalue weighted by atomic mass is 16.5. The Morgan fingerprint density at radius 2 is 1.71 bits per heavy atom. The second kappa shape index (κ2) is 7.81. The molecule has 0 radical (unpaired) electrons. The van der Waals surface area contributed by atoms with Crippen molar-refractivity contribution in [2.45, 2.75) is 19.6 Å². The number of nitrogens with zero attached hydrogens (tertiary/aromatic N) is 1. The molecule has 0 bridgehead atoms. The molecule has 2 aromatic carbocycles. The highest BCUT2D eigenvalue weighted by Gasteiger charge is 2.11. The summed E-state index contributed by atoms with van der Waals surface area (Å²) < 4.78 is 5.41. The average molecular weight is 285 g/mol. The van der Waals surface area contributed by atoms with Gasteiger partial charge < -0.3 is 9.84 Å². The fourth-order valence-electron chi connectivity index (χ4n) is 2.31. The third-order valence-corrected chi connectivity index (χ3v) is 3.36. The van der Waals surface area contributed by atoms with Crippen LogP contribution in [0.5, 0.6) is 5.75 Å². The topological polar surface area (TPSA) is 32.7 Å². The second-order valence-electron chi connectivity index (χ2n) is 5.20. The van der Waals surface area contributed by atoms with Gasteiger partial charge >= 0.3 is 0 Å². The molecule has 0 fully saturated rings. The maximum absolute atomic E-state index is 10.3. The van der Waals surface area contributed by atoms with Gasteiger partial charge in [0.25, 0.3) is 0 Å². The van der Waals surface area contributed by atoms with Crippen molar-refractivity contribution < 1.29 is 9.84 Å². The third-order valence-electron chi connectivity index (χ3n) is 3.36. The van der Waals surface area contributed by atoms with Crippen molar-refractivity contribution in [2.24, 2.45) is 0 Å². The molecule has 0 saturated heterocycles. The number of hydrogen-bond donors (Lipinski definition) is 1. The van der Waals surface area contributed by atoms with E-state index >= 15 is 0 Å². The standard InChI is InChI=1S/C18H23NO2/c1-3-21-17-11-9-16(10-12-17)18(20)14-19(2)13-15-7-5-4-6-8-15/h4-12,18,20H,3,13-14H2,1-2H3. The van der Waals surface area contributed by atoms with Crippen LogP contribution in [-0.2, 0) is 6.54 Å². The number of aliphatic hydroxyl groups is 1. The van der Waals surface area contributed by atoms with Gasteiger partial charge in [-0.25, -0.2) is 0 Å². The fraction of sp³-hybridized carbons (Fsp3) is 0.333. The van der Waals surface area contributed by atoms with E-state index in [1.54, 1.807) is 0 Å². The molecule has 112 valence electrons. The molecule has 0 spiro atoms. The number of aliphatic hydroxyl groups excluding tert-OH is 1. The van der Waals surface area contributed by atoms with Crippen molar-refractivity contribution >= 4 is 0 Å². The van der Waals surface area contributed by atoms with Crippen LogP contribution in [0.1, 0.15) is 24.2 Å². The van der Waals surface area contributed by atoms with Crippen molar-refractivity contribution in [3.63, 3.8) is 0 Å². The van der Waals surface area contributed by atoms with Crippen LogP contribution in [0.15, 0.2) is 54.6 Å². The lowest BCUT2D eigenvalue weighted by molar-refractivity contribution is 0.124. The first-order valence-corrected chi connectivity index (χ1v) is 7.32. The van der Waals surface area contributed by atoms with Crippen LogP contribution in [0.25, 0.3) is 0 Å². The van der Waals surface area contributed by atoms with Crippen LogP contribution in [0.2, 0.25) is 0 Å². The van der Waals surface area contributed by atoms with E-state index in [9.17, 15) is 5.11 Å². The Morgan fingerprint density at radius 1 is 1.05 bits per heavy atom. The van der Waals surface area contributed by atoms with Crippen molar-refractivity contribution in [1.29, 1.82) is 0 Å². The average Bonchev–Trinajstić information content (AvgIpc) is 2.49. The molecule has 2 aromatic rings. The first kappa shape index (κ1) is 15.5. The van der Waals surface area contributed by atoms with Gasteiger partial charge in [0.2, 0.25) is 0 Å². The number of hydrogen-bond acceptors (Lipinski definition) is 3. The summed E-state index contributed by atoms with van der Waals surface area (Å²) in [5, 5.41) is 10.3. The van der Waals surface area contributed by atoms with Crippen LogP contribution in [0.3, 0.4) is 0 Å². The quantitative estimate of drug-likeness (QED) is 0.847. The summed E-state index contributed by atoms with van der Waals surface area (Å²) in [7, 11) is 2.02. The molecule has 2 rings (SSSR count). The van der Waals surface area contributed by atoms with Gasteiger partial charge in [0.15, 0.2) is 0 Å². The molecule has 1 unspecified atom stereocenters. The van der Waals surface area contributed by atoms with Gasteiger partial charge in [-0.1, -0.05) is 42.5 Å². The summed E-state index contributed by atoms with van der Waals surface area (Å²) in [6.45, 7) is 4.04. The minimum absolute atomic E-state index is 0.491. The molecule has 0 saturated carbocycles. The Balaban J connectivity index is 1.89. The second-order valence-corrected chi connectivity index (χ2v) is 5.20. The van der Waals surface area contributed by atoms with Crippen molar-refractivity contribution in [1.82, 2.24) is 4.90 Å². The molecular weight excluding hydrogens is 262 g/mol. The van der Waals surface area contributed by atoms with Crippen LogP contribution in [-0.4, -0.2) is 30.2 Å². The number of rotatable bonds is 7. The highest BCUT2D eigenvalue weighted by Crippen LogP contribution is 2.19. The van der Waals surface area contributed by atoms with E-state index in [-0.39, 0.29) is 0 Å². The van der Waals surface area contributed by atoms with Crippen molar-refractivity contribution in [2.75, 3.05) is 20.2 Å². The zero-order chi connectivity index (χ0) is 15.1. The van der Waals surface area contributed by atoms with Crippen LogP contribution < -0.4 is 4.74 Å². The molecule has 0 aromatic heterocycles. The Bertz CT molecular complexity index is 525. The van der Waals surface area contributed by atoms with Gasteiger partial charge in [-0.15, -0.1) is 0 Å². The van der Waals surface area contributed by atoms with Gasteiger partial charge in [0.05, 0.1) is 12.7 Å².